The molecule has 2 aliphatic rings. The van der Waals surface area contributed by atoms with Gasteiger partial charge >= 0.3 is 12.2 Å². The molecule has 4 aromatic rings. The van der Waals surface area contributed by atoms with Crippen LogP contribution in [0.15, 0.2) is 131 Å². The molecule has 2 aliphatic heterocycles. The van der Waals surface area contributed by atoms with Crippen LogP contribution in [0.3, 0.4) is 0 Å². The molecule has 270 valence electrons. The maximum absolute atomic E-state index is 12.8. The SMILES string of the molecule is C.C=CC[C@]1(c2ccccc2)CCN([C@@H](C)c2ccc(Br)cc2)C(=O)O1.C[C@@H](c1ccc(Br)cc1)N1CC[C@](CCO)(c2ccccc2)OC1=O. The van der Waals surface area contributed by atoms with Crippen LogP contribution in [0.2, 0.25) is 0 Å². The van der Waals surface area contributed by atoms with Gasteiger partial charge in [0.15, 0.2) is 0 Å². The Labute approximate surface area is 319 Å². The predicted octanol–water partition coefficient (Wildman–Crippen LogP) is 11.1. The van der Waals surface area contributed by atoms with E-state index >= 15 is 0 Å². The van der Waals surface area contributed by atoms with E-state index in [4.69, 9.17) is 9.47 Å². The van der Waals surface area contributed by atoms with Crippen molar-refractivity contribution in [2.75, 3.05) is 19.7 Å². The molecule has 2 amide bonds. The van der Waals surface area contributed by atoms with Crippen LogP contribution in [0.4, 0.5) is 9.59 Å². The number of aliphatic hydroxyl groups excluding tert-OH is 1. The van der Waals surface area contributed by atoms with Crippen molar-refractivity contribution >= 4 is 44.0 Å². The molecule has 1 N–H and O–H groups in total. The van der Waals surface area contributed by atoms with E-state index in [9.17, 15) is 14.7 Å². The van der Waals surface area contributed by atoms with E-state index in [2.05, 4.69) is 38.4 Å². The number of nitrogens with zero attached hydrogens (tertiary/aromatic N) is 2. The highest BCUT2D eigenvalue weighted by Crippen LogP contribution is 2.41. The zero-order chi connectivity index (χ0) is 35.7. The molecule has 0 radical (unpaired) electrons. The monoisotopic (exact) mass is 818 g/mol. The zero-order valence-electron chi connectivity index (χ0n) is 28.5. The Balaban J connectivity index is 0.000000224. The van der Waals surface area contributed by atoms with Crippen molar-refractivity contribution < 1.29 is 24.2 Å². The molecule has 4 aromatic carbocycles. The molecule has 0 spiro atoms. The van der Waals surface area contributed by atoms with Gasteiger partial charge in [0.25, 0.3) is 0 Å². The van der Waals surface area contributed by atoms with Crippen molar-refractivity contribution in [2.45, 2.75) is 70.2 Å². The van der Waals surface area contributed by atoms with E-state index in [0.717, 1.165) is 37.6 Å². The summed E-state index contributed by atoms with van der Waals surface area (Å²) in [5.74, 6) is 0. The predicted molar refractivity (Wildman–Crippen MR) is 210 cm³/mol. The number of hydrogen-bond donors (Lipinski definition) is 1. The molecular weight excluding hydrogens is 772 g/mol. The Morgan fingerprint density at radius 2 is 1.10 bits per heavy atom. The number of rotatable bonds is 10. The van der Waals surface area contributed by atoms with Gasteiger partial charge in [-0.05, 0) is 60.4 Å². The fourth-order valence-electron chi connectivity index (χ4n) is 6.77. The second-order valence-electron chi connectivity index (χ2n) is 12.8. The lowest BCUT2D eigenvalue weighted by Crippen LogP contribution is -2.49. The Morgan fingerprint density at radius 1 is 0.706 bits per heavy atom. The molecule has 9 heteroatoms. The number of aliphatic hydroxyl groups is 1. The zero-order valence-corrected chi connectivity index (χ0v) is 31.7. The molecule has 7 nitrogen and oxygen atoms in total. The van der Waals surface area contributed by atoms with E-state index < -0.39 is 11.2 Å². The number of ether oxygens (including phenoxy) is 2. The smallest absolute Gasteiger partial charge is 0.411 e. The first-order chi connectivity index (χ1) is 24.1. The van der Waals surface area contributed by atoms with Gasteiger partial charge in [-0.3, -0.25) is 0 Å². The van der Waals surface area contributed by atoms with E-state index in [1.165, 1.54) is 0 Å². The van der Waals surface area contributed by atoms with Crippen LogP contribution in [0.1, 0.15) is 81.3 Å². The van der Waals surface area contributed by atoms with Crippen LogP contribution >= 0.6 is 31.9 Å². The van der Waals surface area contributed by atoms with Crippen LogP contribution in [-0.2, 0) is 20.7 Å². The highest BCUT2D eigenvalue weighted by molar-refractivity contribution is 9.10. The number of halogens is 2. The second-order valence-corrected chi connectivity index (χ2v) is 14.6. The van der Waals surface area contributed by atoms with E-state index in [1.807, 2.05) is 129 Å². The third kappa shape index (κ3) is 9.31. The summed E-state index contributed by atoms with van der Waals surface area (Å²) >= 11 is 6.88. The van der Waals surface area contributed by atoms with Crippen molar-refractivity contribution in [3.63, 3.8) is 0 Å². The van der Waals surface area contributed by atoms with Crippen molar-refractivity contribution in [3.8, 4) is 0 Å². The number of hydrogen-bond acceptors (Lipinski definition) is 5. The molecule has 0 unspecified atom stereocenters. The highest BCUT2D eigenvalue weighted by Gasteiger charge is 2.44. The minimum Gasteiger partial charge on any atom is -0.438 e. The second kappa shape index (κ2) is 18.0. The highest BCUT2D eigenvalue weighted by atomic mass is 79.9. The summed E-state index contributed by atoms with van der Waals surface area (Å²) in [6.45, 7) is 9.11. The average molecular weight is 821 g/mol. The minimum atomic E-state index is -0.747. The fourth-order valence-corrected chi connectivity index (χ4v) is 7.30. The number of carbonyl (C=O) groups excluding carboxylic acids is 2. The van der Waals surface area contributed by atoms with Gasteiger partial charge in [-0.1, -0.05) is 130 Å². The lowest BCUT2D eigenvalue weighted by atomic mass is 9.85. The summed E-state index contributed by atoms with van der Waals surface area (Å²) in [4.78, 5) is 29.1. The minimum absolute atomic E-state index is 0. The van der Waals surface area contributed by atoms with Gasteiger partial charge in [0.2, 0.25) is 0 Å². The van der Waals surface area contributed by atoms with Crippen LogP contribution in [-0.4, -0.2) is 46.8 Å². The first-order valence-corrected chi connectivity index (χ1v) is 18.5. The number of carbonyl (C=O) groups is 2. The number of amides is 2. The molecule has 0 aromatic heterocycles. The van der Waals surface area contributed by atoms with Gasteiger partial charge in [0, 0.05) is 54.3 Å². The Bertz CT molecular complexity index is 1720. The molecular formula is C42H48Br2N2O5. The summed E-state index contributed by atoms with van der Waals surface area (Å²) in [6, 6.07) is 35.6. The van der Waals surface area contributed by atoms with Gasteiger partial charge < -0.3 is 24.4 Å². The molecule has 0 bridgehead atoms. The first kappa shape index (κ1) is 39.9. The first-order valence-electron chi connectivity index (χ1n) is 16.9. The van der Waals surface area contributed by atoms with E-state index in [1.54, 1.807) is 9.80 Å². The van der Waals surface area contributed by atoms with E-state index in [-0.39, 0.29) is 38.3 Å². The lowest BCUT2D eigenvalue weighted by Gasteiger charge is -2.43. The summed E-state index contributed by atoms with van der Waals surface area (Å²) in [5.41, 5.74) is 2.76. The summed E-state index contributed by atoms with van der Waals surface area (Å²) in [7, 11) is 0. The van der Waals surface area contributed by atoms with Crippen molar-refractivity contribution in [3.05, 3.63) is 153 Å². The van der Waals surface area contributed by atoms with Gasteiger partial charge in [0.05, 0.1) is 12.1 Å². The van der Waals surface area contributed by atoms with Crippen LogP contribution in [0, 0.1) is 0 Å². The number of benzene rings is 4. The average Bonchev–Trinajstić information content (AvgIpc) is 3.13. The lowest BCUT2D eigenvalue weighted by molar-refractivity contribution is -0.0718. The Morgan fingerprint density at radius 3 is 1.49 bits per heavy atom. The molecule has 0 aliphatic carbocycles. The molecule has 51 heavy (non-hydrogen) atoms. The summed E-state index contributed by atoms with van der Waals surface area (Å²) in [5, 5.41) is 9.50. The molecule has 2 fully saturated rings. The largest absolute Gasteiger partial charge is 0.438 e. The van der Waals surface area contributed by atoms with Crippen LogP contribution in [0.5, 0.6) is 0 Å². The van der Waals surface area contributed by atoms with Gasteiger partial charge in [-0.25, -0.2) is 9.59 Å². The molecule has 6 rings (SSSR count). The standard InChI is InChI=1S/C21H22BrNO2.C20H22BrNO3.CH4/c1-3-13-21(18-7-5-4-6-8-18)14-15-23(20(24)25-21)16(2)17-9-11-19(22)12-10-17;1-15(16-7-9-18(21)10-8-16)22-13-11-20(12-14-23,25-19(22)24)17-5-3-2-4-6-17;/h3-12,16H,1,13-15H2,2H3;2-10,15,23H,11-14H2,1H3;1H4/t16-,21+;15-,20-;/m00./s1. The van der Waals surface area contributed by atoms with Crippen molar-refractivity contribution in [1.29, 1.82) is 0 Å². The molecule has 2 saturated heterocycles. The molecule has 4 atom stereocenters. The Hall–Kier alpha value is -3.92. The van der Waals surface area contributed by atoms with Crippen molar-refractivity contribution in [1.82, 2.24) is 9.80 Å². The fraction of sp³-hybridized carbons (Fsp3) is 0.333. The van der Waals surface area contributed by atoms with Gasteiger partial charge in [-0.2, -0.15) is 0 Å². The van der Waals surface area contributed by atoms with Crippen LogP contribution < -0.4 is 0 Å². The van der Waals surface area contributed by atoms with Gasteiger partial charge in [-0.15, -0.1) is 6.58 Å². The topological polar surface area (TPSA) is 79.3 Å². The van der Waals surface area contributed by atoms with Crippen LogP contribution in [0.25, 0.3) is 0 Å². The Kier molecular flexibility index (Phi) is 14.1. The van der Waals surface area contributed by atoms with E-state index in [0.29, 0.717) is 32.4 Å². The normalized spacial score (nSPS) is 21.2. The summed E-state index contributed by atoms with van der Waals surface area (Å²) < 4.78 is 13.9. The summed E-state index contributed by atoms with van der Waals surface area (Å²) in [6.07, 6.45) is 3.65. The van der Waals surface area contributed by atoms with Crippen molar-refractivity contribution in [2.24, 2.45) is 0 Å². The third-order valence-electron chi connectivity index (χ3n) is 9.78. The molecule has 2 heterocycles. The van der Waals surface area contributed by atoms with Gasteiger partial charge in [0.1, 0.15) is 11.2 Å². The quantitative estimate of drug-likeness (QED) is 0.161. The third-order valence-corrected chi connectivity index (χ3v) is 10.8. The maximum atomic E-state index is 12.8. The molecule has 0 saturated carbocycles. The number of cyclic esters (lactones) is 2. The maximum Gasteiger partial charge on any atom is 0.411 e.